The molecule has 0 heterocycles. The number of nitrogens with one attached hydrogen (secondary N) is 1. The first-order valence-electron chi connectivity index (χ1n) is 6.01. The quantitative estimate of drug-likeness (QED) is 0.673. The summed E-state index contributed by atoms with van der Waals surface area (Å²) in [4.78, 5) is 0. The molecule has 1 rings (SSSR count). The van der Waals surface area contributed by atoms with Crippen molar-refractivity contribution in [2.24, 2.45) is 17.6 Å². The summed E-state index contributed by atoms with van der Waals surface area (Å²) in [5, 5.41) is 3.57. The molecule has 0 amide bonds. The predicted octanol–water partition coefficient (Wildman–Crippen LogP) is 1.37. The number of methoxy groups -OCH3 is 1. The van der Waals surface area contributed by atoms with Crippen molar-refractivity contribution in [1.29, 1.82) is 0 Å². The highest BCUT2D eigenvalue weighted by Gasteiger charge is 2.33. The lowest BCUT2D eigenvalue weighted by molar-refractivity contribution is 0.0399. The molecule has 0 aromatic heterocycles. The molecule has 1 fully saturated rings. The van der Waals surface area contributed by atoms with E-state index in [9.17, 15) is 0 Å². The molecule has 0 aromatic rings. The molecular formula is C12H26N2O. The molecule has 3 N–H and O–H groups in total. The van der Waals surface area contributed by atoms with Crippen LogP contribution in [0.4, 0.5) is 0 Å². The van der Waals surface area contributed by atoms with Gasteiger partial charge in [-0.2, -0.15) is 0 Å². The minimum atomic E-state index is -0.0993. The van der Waals surface area contributed by atoms with Gasteiger partial charge >= 0.3 is 0 Å². The Labute approximate surface area is 93.8 Å². The lowest BCUT2D eigenvalue weighted by Gasteiger charge is -2.35. The molecular weight excluding hydrogens is 188 g/mol. The van der Waals surface area contributed by atoms with Gasteiger partial charge in [-0.25, -0.2) is 0 Å². The highest BCUT2D eigenvalue weighted by molar-refractivity contribution is 4.92. The summed E-state index contributed by atoms with van der Waals surface area (Å²) in [6.07, 6.45) is 2.96. The van der Waals surface area contributed by atoms with Gasteiger partial charge < -0.3 is 15.8 Å². The van der Waals surface area contributed by atoms with Crippen molar-refractivity contribution in [2.75, 3.05) is 20.2 Å². The number of nitrogens with two attached hydrogens (primary N) is 1. The van der Waals surface area contributed by atoms with Crippen LogP contribution in [0.2, 0.25) is 0 Å². The zero-order valence-corrected chi connectivity index (χ0v) is 10.5. The number of ether oxygens (including phenoxy) is 1. The van der Waals surface area contributed by atoms with Gasteiger partial charge in [0.05, 0.1) is 11.6 Å². The fourth-order valence-electron chi connectivity index (χ4n) is 1.87. The Kier molecular flexibility index (Phi) is 4.56. The van der Waals surface area contributed by atoms with Crippen LogP contribution in [0.3, 0.4) is 0 Å². The summed E-state index contributed by atoms with van der Waals surface area (Å²) in [6, 6.07) is 0. The van der Waals surface area contributed by atoms with Gasteiger partial charge in [-0.15, -0.1) is 0 Å². The van der Waals surface area contributed by atoms with Crippen LogP contribution in [0.5, 0.6) is 0 Å². The van der Waals surface area contributed by atoms with E-state index in [4.69, 9.17) is 10.5 Å². The normalized spacial score (nSPS) is 24.6. The van der Waals surface area contributed by atoms with E-state index in [1.807, 2.05) is 0 Å². The molecule has 0 aromatic carbocycles. The maximum absolute atomic E-state index is 5.82. The van der Waals surface area contributed by atoms with Gasteiger partial charge in [0.25, 0.3) is 0 Å². The topological polar surface area (TPSA) is 47.3 Å². The van der Waals surface area contributed by atoms with Crippen molar-refractivity contribution in [3.8, 4) is 0 Å². The summed E-state index contributed by atoms with van der Waals surface area (Å²) in [6.45, 7) is 8.19. The van der Waals surface area contributed by atoms with Crippen LogP contribution in [0.1, 0.15) is 33.6 Å². The Morgan fingerprint density at radius 3 is 2.47 bits per heavy atom. The molecule has 1 aliphatic carbocycles. The van der Waals surface area contributed by atoms with E-state index in [-0.39, 0.29) is 11.6 Å². The average molecular weight is 214 g/mol. The van der Waals surface area contributed by atoms with Crippen molar-refractivity contribution in [3.05, 3.63) is 0 Å². The molecule has 0 aliphatic heterocycles. The monoisotopic (exact) mass is 214 g/mol. The molecule has 0 bridgehead atoms. The summed E-state index contributed by atoms with van der Waals surface area (Å²) in [5.41, 5.74) is 5.72. The van der Waals surface area contributed by atoms with Crippen molar-refractivity contribution in [2.45, 2.75) is 45.3 Å². The highest BCUT2D eigenvalue weighted by atomic mass is 16.5. The fraction of sp³-hybridized carbons (Fsp3) is 1.00. The van der Waals surface area contributed by atoms with Gasteiger partial charge in [0.2, 0.25) is 0 Å². The van der Waals surface area contributed by atoms with Gasteiger partial charge in [-0.1, -0.05) is 6.92 Å². The lowest BCUT2D eigenvalue weighted by atomic mass is 9.94. The van der Waals surface area contributed by atoms with E-state index in [1.165, 1.54) is 12.8 Å². The second-order valence-electron chi connectivity index (χ2n) is 5.20. The zero-order chi connectivity index (χ0) is 11.5. The molecule has 3 atom stereocenters. The Hall–Kier alpha value is -0.120. The molecule has 0 saturated heterocycles. The van der Waals surface area contributed by atoms with Crippen LogP contribution < -0.4 is 11.1 Å². The highest BCUT2D eigenvalue weighted by Crippen LogP contribution is 2.36. The van der Waals surface area contributed by atoms with E-state index in [0.29, 0.717) is 6.54 Å². The van der Waals surface area contributed by atoms with Crippen LogP contribution in [-0.4, -0.2) is 31.8 Å². The van der Waals surface area contributed by atoms with Crippen molar-refractivity contribution < 1.29 is 4.74 Å². The standard InChI is InChI=1S/C12H26N2O/c1-9(11-5-6-11)7-14-12(3,8-13)10(2)15-4/h9-11,14H,5-8,13H2,1-4H3. The molecule has 1 saturated carbocycles. The lowest BCUT2D eigenvalue weighted by Crippen LogP contribution is -2.57. The van der Waals surface area contributed by atoms with Gasteiger partial charge in [0.15, 0.2) is 0 Å². The van der Waals surface area contributed by atoms with Gasteiger partial charge in [0.1, 0.15) is 0 Å². The van der Waals surface area contributed by atoms with Crippen molar-refractivity contribution >= 4 is 0 Å². The Balaban J connectivity index is 2.37. The van der Waals surface area contributed by atoms with Crippen LogP contribution >= 0.6 is 0 Å². The molecule has 1 aliphatic rings. The molecule has 0 radical (unpaired) electrons. The van der Waals surface area contributed by atoms with Crippen molar-refractivity contribution in [1.82, 2.24) is 5.32 Å². The van der Waals surface area contributed by atoms with Gasteiger partial charge in [-0.05, 0) is 45.1 Å². The van der Waals surface area contributed by atoms with Crippen LogP contribution in [0.25, 0.3) is 0 Å². The summed E-state index contributed by atoms with van der Waals surface area (Å²) in [5.74, 6) is 1.71. The molecule has 90 valence electrons. The summed E-state index contributed by atoms with van der Waals surface area (Å²) < 4.78 is 5.37. The predicted molar refractivity (Wildman–Crippen MR) is 63.8 cm³/mol. The minimum absolute atomic E-state index is 0.0993. The Morgan fingerprint density at radius 1 is 1.47 bits per heavy atom. The van der Waals surface area contributed by atoms with Crippen LogP contribution in [-0.2, 0) is 4.74 Å². The third-order valence-electron chi connectivity index (χ3n) is 3.93. The van der Waals surface area contributed by atoms with E-state index >= 15 is 0 Å². The molecule has 15 heavy (non-hydrogen) atoms. The zero-order valence-electron chi connectivity index (χ0n) is 10.5. The van der Waals surface area contributed by atoms with E-state index in [1.54, 1.807) is 7.11 Å². The molecule has 3 nitrogen and oxygen atoms in total. The van der Waals surface area contributed by atoms with Crippen LogP contribution in [0.15, 0.2) is 0 Å². The van der Waals surface area contributed by atoms with Crippen molar-refractivity contribution in [3.63, 3.8) is 0 Å². The summed E-state index contributed by atoms with van der Waals surface area (Å²) >= 11 is 0. The maximum Gasteiger partial charge on any atom is 0.0734 e. The Bertz CT molecular complexity index is 194. The van der Waals surface area contributed by atoms with Gasteiger partial charge in [-0.3, -0.25) is 0 Å². The largest absolute Gasteiger partial charge is 0.380 e. The third-order valence-corrected chi connectivity index (χ3v) is 3.93. The second-order valence-corrected chi connectivity index (χ2v) is 5.20. The Morgan fingerprint density at radius 2 is 2.07 bits per heavy atom. The first-order chi connectivity index (χ1) is 7.03. The smallest absolute Gasteiger partial charge is 0.0734 e. The number of hydrogen-bond acceptors (Lipinski definition) is 3. The summed E-state index contributed by atoms with van der Waals surface area (Å²) in [7, 11) is 1.74. The second kappa shape index (κ2) is 5.28. The molecule has 3 heteroatoms. The fourth-order valence-corrected chi connectivity index (χ4v) is 1.87. The van der Waals surface area contributed by atoms with E-state index in [0.717, 1.165) is 18.4 Å². The number of hydrogen-bond donors (Lipinski definition) is 2. The maximum atomic E-state index is 5.82. The third kappa shape index (κ3) is 3.44. The van der Waals surface area contributed by atoms with Gasteiger partial charge in [0, 0.05) is 13.7 Å². The first-order valence-corrected chi connectivity index (χ1v) is 6.01. The van der Waals surface area contributed by atoms with E-state index < -0.39 is 0 Å². The van der Waals surface area contributed by atoms with Crippen LogP contribution in [0, 0.1) is 11.8 Å². The number of rotatable bonds is 7. The minimum Gasteiger partial charge on any atom is -0.380 e. The molecule has 0 spiro atoms. The average Bonchev–Trinajstić information content (AvgIpc) is 3.07. The SMILES string of the molecule is COC(C)C(C)(CN)NCC(C)C1CC1. The first kappa shape index (κ1) is 12.9. The molecule has 3 unspecified atom stereocenters. The van der Waals surface area contributed by atoms with E-state index in [2.05, 4.69) is 26.1 Å².